The van der Waals surface area contributed by atoms with Crippen LogP contribution < -0.4 is 5.32 Å². The first-order valence-electron chi connectivity index (χ1n) is 8.25. The maximum atomic E-state index is 12.0. The lowest BCUT2D eigenvalue weighted by atomic mass is 10.2. The van der Waals surface area contributed by atoms with Crippen LogP contribution in [0.5, 0.6) is 0 Å². The fraction of sp³-hybridized carbons (Fsp3) is 0.688. The summed E-state index contributed by atoms with van der Waals surface area (Å²) in [6.07, 6.45) is 1.36. The summed E-state index contributed by atoms with van der Waals surface area (Å²) in [5, 5.41) is 7.24. The highest BCUT2D eigenvalue weighted by Crippen LogP contribution is 2.06. The molecule has 7 heteroatoms. The van der Waals surface area contributed by atoms with Gasteiger partial charge in [-0.1, -0.05) is 0 Å². The molecule has 1 aliphatic heterocycles. The first-order valence-corrected chi connectivity index (χ1v) is 8.25. The summed E-state index contributed by atoms with van der Waals surface area (Å²) in [4.78, 5) is 25.7. The molecule has 0 aliphatic carbocycles. The first kappa shape index (κ1) is 17.5. The van der Waals surface area contributed by atoms with E-state index in [0.717, 1.165) is 17.9 Å². The van der Waals surface area contributed by atoms with Crippen LogP contribution in [-0.2, 0) is 27.4 Å². The second-order valence-corrected chi connectivity index (χ2v) is 5.72. The highest BCUT2D eigenvalue weighted by molar-refractivity contribution is 5.79. The summed E-state index contributed by atoms with van der Waals surface area (Å²) in [5.74, 6) is 0.0852. The Bertz CT molecular complexity index is 535. The Hall–Kier alpha value is -1.89. The Morgan fingerprint density at radius 1 is 1.30 bits per heavy atom. The minimum atomic E-state index is -0.0266. The number of carbonyl (C=O) groups is 2. The van der Waals surface area contributed by atoms with Gasteiger partial charge in [0.2, 0.25) is 11.8 Å². The lowest BCUT2D eigenvalue weighted by molar-refractivity contribution is -0.135. The first-order chi connectivity index (χ1) is 11.1. The summed E-state index contributed by atoms with van der Waals surface area (Å²) in [7, 11) is 0. The SMILES string of the molecule is CCn1nc(C)cc1CNC(=O)CCCC(=O)N1CCOCC1. The minimum Gasteiger partial charge on any atom is -0.378 e. The number of carbonyl (C=O) groups excluding carboxylic acids is 2. The summed E-state index contributed by atoms with van der Waals surface area (Å²) in [6, 6.07) is 1.98. The van der Waals surface area contributed by atoms with Gasteiger partial charge in [-0.15, -0.1) is 0 Å². The standard InChI is InChI=1S/C16H26N4O3/c1-3-20-14(11-13(2)18-20)12-17-15(21)5-4-6-16(22)19-7-9-23-10-8-19/h11H,3-10,12H2,1-2H3,(H,17,21). The molecule has 0 spiro atoms. The smallest absolute Gasteiger partial charge is 0.222 e. The van der Waals surface area contributed by atoms with Crippen molar-refractivity contribution in [3.63, 3.8) is 0 Å². The van der Waals surface area contributed by atoms with Crippen LogP contribution in [0.3, 0.4) is 0 Å². The zero-order valence-corrected chi connectivity index (χ0v) is 14.0. The third-order valence-corrected chi connectivity index (χ3v) is 3.91. The average Bonchev–Trinajstić information content (AvgIpc) is 2.93. The predicted molar refractivity (Wildman–Crippen MR) is 85.7 cm³/mol. The van der Waals surface area contributed by atoms with Gasteiger partial charge < -0.3 is 15.0 Å². The Labute approximate surface area is 137 Å². The van der Waals surface area contributed by atoms with Crippen LogP contribution in [0.2, 0.25) is 0 Å². The summed E-state index contributed by atoms with van der Waals surface area (Å²) >= 11 is 0. The molecule has 1 aromatic heterocycles. The minimum absolute atomic E-state index is 0.0266. The molecule has 2 amide bonds. The molecule has 0 bridgehead atoms. The van der Waals surface area contributed by atoms with Gasteiger partial charge in [0.25, 0.3) is 0 Å². The van der Waals surface area contributed by atoms with Crippen LogP contribution in [0.1, 0.15) is 37.6 Å². The number of amides is 2. The lowest BCUT2D eigenvalue weighted by Crippen LogP contribution is -2.40. The molecular formula is C16H26N4O3. The van der Waals surface area contributed by atoms with Gasteiger partial charge in [0.05, 0.1) is 31.1 Å². The van der Waals surface area contributed by atoms with Crippen molar-refractivity contribution in [1.82, 2.24) is 20.0 Å². The van der Waals surface area contributed by atoms with Crippen LogP contribution in [0.25, 0.3) is 0 Å². The third kappa shape index (κ3) is 5.35. The number of aromatic nitrogens is 2. The number of hydrogen-bond acceptors (Lipinski definition) is 4. The molecule has 1 aromatic rings. The Morgan fingerprint density at radius 2 is 2.04 bits per heavy atom. The molecule has 0 aromatic carbocycles. The summed E-state index contributed by atoms with van der Waals surface area (Å²) in [6.45, 7) is 7.76. The van der Waals surface area contributed by atoms with Gasteiger partial charge >= 0.3 is 0 Å². The normalized spacial score (nSPS) is 14.8. The van der Waals surface area contributed by atoms with E-state index in [1.807, 2.05) is 29.5 Å². The molecule has 1 saturated heterocycles. The largest absolute Gasteiger partial charge is 0.378 e. The van der Waals surface area contributed by atoms with Crippen molar-refractivity contribution in [3.05, 3.63) is 17.5 Å². The number of ether oxygens (including phenoxy) is 1. The number of morpholine rings is 1. The zero-order chi connectivity index (χ0) is 16.7. The number of aryl methyl sites for hydroxylation is 2. The molecule has 0 unspecified atom stereocenters. The van der Waals surface area contributed by atoms with E-state index >= 15 is 0 Å². The van der Waals surface area contributed by atoms with E-state index < -0.39 is 0 Å². The topological polar surface area (TPSA) is 76.5 Å². The van der Waals surface area contributed by atoms with Crippen LogP contribution in [-0.4, -0.2) is 52.8 Å². The highest BCUT2D eigenvalue weighted by Gasteiger charge is 2.16. The molecule has 128 valence electrons. The van der Waals surface area contributed by atoms with Crippen LogP contribution >= 0.6 is 0 Å². The quantitative estimate of drug-likeness (QED) is 0.808. The van der Waals surface area contributed by atoms with Crippen LogP contribution in [0.4, 0.5) is 0 Å². The van der Waals surface area contributed by atoms with E-state index in [2.05, 4.69) is 10.4 Å². The maximum Gasteiger partial charge on any atom is 0.222 e. The van der Waals surface area contributed by atoms with Gasteiger partial charge in [-0.25, -0.2) is 0 Å². The molecule has 1 fully saturated rings. The van der Waals surface area contributed by atoms with Crippen molar-refractivity contribution >= 4 is 11.8 Å². The van der Waals surface area contributed by atoms with Crippen molar-refractivity contribution in [2.45, 2.75) is 46.2 Å². The highest BCUT2D eigenvalue weighted by atomic mass is 16.5. The third-order valence-electron chi connectivity index (χ3n) is 3.91. The number of nitrogens with one attached hydrogen (secondary N) is 1. The second kappa shape index (κ2) is 8.67. The molecule has 7 nitrogen and oxygen atoms in total. The second-order valence-electron chi connectivity index (χ2n) is 5.72. The molecular weight excluding hydrogens is 296 g/mol. The molecule has 2 heterocycles. The number of rotatable bonds is 7. The van der Waals surface area contributed by atoms with Crippen molar-refractivity contribution in [1.29, 1.82) is 0 Å². The summed E-state index contributed by atoms with van der Waals surface area (Å²) < 4.78 is 7.11. The van der Waals surface area contributed by atoms with Gasteiger partial charge in [-0.05, 0) is 26.3 Å². The fourth-order valence-electron chi connectivity index (χ4n) is 2.66. The lowest BCUT2D eigenvalue weighted by Gasteiger charge is -2.26. The van der Waals surface area contributed by atoms with Gasteiger partial charge in [0.15, 0.2) is 0 Å². The number of hydrogen-bond donors (Lipinski definition) is 1. The van der Waals surface area contributed by atoms with Crippen molar-refractivity contribution in [2.75, 3.05) is 26.3 Å². The molecule has 2 rings (SSSR count). The average molecular weight is 322 g/mol. The zero-order valence-electron chi connectivity index (χ0n) is 14.0. The molecule has 0 atom stereocenters. The van der Waals surface area contributed by atoms with Gasteiger partial charge in [0.1, 0.15) is 0 Å². The summed E-state index contributed by atoms with van der Waals surface area (Å²) in [5.41, 5.74) is 1.95. The Morgan fingerprint density at radius 3 is 2.74 bits per heavy atom. The van der Waals surface area contributed by atoms with Gasteiger partial charge in [0, 0.05) is 32.5 Å². The van der Waals surface area contributed by atoms with E-state index in [0.29, 0.717) is 52.1 Å². The monoisotopic (exact) mass is 322 g/mol. The molecule has 1 N–H and O–H groups in total. The van der Waals surface area contributed by atoms with E-state index in [9.17, 15) is 9.59 Å². The van der Waals surface area contributed by atoms with Gasteiger partial charge in [-0.3, -0.25) is 14.3 Å². The molecule has 1 aliphatic rings. The molecule has 0 radical (unpaired) electrons. The van der Waals surface area contributed by atoms with Gasteiger partial charge in [-0.2, -0.15) is 5.10 Å². The molecule has 23 heavy (non-hydrogen) atoms. The van der Waals surface area contributed by atoms with Crippen molar-refractivity contribution in [2.24, 2.45) is 0 Å². The molecule has 0 saturated carbocycles. The number of nitrogens with zero attached hydrogens (tertiary/aromatic N) is 3. The predicted octanol–water partition coefficient (Wildman–Crippen LogP) is 0.857. The van der Waals surface area contributed by atoms with E-state index in [1.165, 1.54) is 0 Å². The Kier molecular flexibility index (Phi) is 6.58. The van der Waals surface area contributed by atoms with Crippen LogP contribution in [0, 0.1) is 6.92 Å². The van der Waals surface area contributed by atoms with E-state index in [4.69, 9.17) is 4.74 Å². The maximum absolute atomic E-state index is 12.0. The van der Waals surface area contributed by atoms with E-state index in [-0.39, 0.29) is 11.8 Å². The van der Waals surface area contributed by atoms with E-state index in [1.54, 1.807) is 0 Å². The Balaban J connectivity index is 1.65. The fourth-order valence-corrected chi connectivity index (χ4v) is 2.66. The van der Waals surface area contributed by atoms with Crippen LogP contribution in [0.15, 0.2) is 6.07 Å². The van der Waals surface area contributed by atoms with Crippen molar-refractivity contribution in [3.8, 4) is 0 Å². The van der Waals surface area contributed by atoms with Crippen molar-refractivity contribution < 1.29 is 14.3 Å².